The molecule has 0 aliphatic rings. The lowest BCUT2D eigenvalue weighted by Crippen LogP contribution is -2.20. The molecule has 1 aromatic carbocycles. The fourth-order valence-corrected chi connectivity index (χ4v) is 1.83. The van der Waals surface area contributed by atoms with Crippen LogP contribution in [0.15, 0.2) is 12.1 Å². The molecular formula is C12H19ClN2O. The predicted molar refractivity (Wildman–Crippen MR) is 70.4 cm³/mol. The minimum Gasteiger partial charge on any atom is -0.398 e. The van der Waals surface area contributed by atoms with Gasteiger partial charge >= 0.3 is 0 Å². The number of anilines is 2. The molecule has 0 saturated carbocycles. The van der Waals surface area contributed by atoms with Crippen LogP contribution in [0, 0.1) is 6.92 Å². The Hall–Kier alpha value is -0.930. The van der Waals surface area contributed by atoms with Crippen molar-refractivity contribution in [3.8, 4) is 0 Å². The van der Waals surface area contributed by atoms with Crippen molar-refractivity contribution in [1.82, 2.24) is 0 Å². The van der Waals surface area contributed by atoms with Gasteiger partial charge in [0.2, 0.25) is 0 Å². The number of hydrogen-bond donors (Lipinski definition) is 1. The van der Waals surface area contributed by atoms with Crippen LogP contribution in [0.5, 0.6) is 0 Å². The molecule has 0 radical (unpaired) electrons. The SMILES string of the molecule is COCCCN(C)c1cc(Cl)c(N)cc1C. The smallest absolute Gasteiger partial charge is 0.0656 e. The van der Waals surface area contributed by atoms with Gasteiger partial charge in [0.15, 0.2) is 0 Å². The Kier molecular flexibility index (Phi) is 4.90. The number of halogens is 1. The Morgan fingerprint density at radius 2 is 2.12 bits per heavy atom. The highest BCUT2D eigenvalue weighted by Gasteiger charge is 2.07. The third-order valence-electron chi connectivity index (χ3n) is 2.57. The van der Waals surface area contributed by atoms with Gasteiger partial charge in [0.05, 0.1) is 10.7 Å². The maximum atomic E-state index is 6.01. The molecule has 0 atom stereocenters. The lowest BCUT2D eigenvalue weighted by Gasteiger charge is -2.22. The number of aryl methyl sites for hydroxylation is 1. The molecule has 1 aromatic rings. The predicted octanol–water partition coefficient (Wildman–Crippen LogP) is 2.70. The van der Waals surface area contributed by atoms with Gasteiger partial charge < -0.3 is 15.4 Å². The van der Waals surface area contributed by atoms with E-state index < -0.39 is 0 Å². The average Bonchev–Trinajstić information content (AvgIpc) is 2.23. The largest absolute Gasteiger partial charge is 0.398 e. The summed E-state index contributed by atoms with van der Waals surface area (Å²) < 4.78 is 5.03. The maximum Gasteiger partial charge on any atom is 0.0656 e. The first kappa shape index (κ1) is 13.1. The molecule has 0 saturated heterocycles. The second-order valence-electron chi connectivity index (χ2n) is 3.93. The van der Waals surface area contributed by atoms with Gasteiger partial charge in [-0.1, -0.05) is 11.6 Å². The molecule has 2 N–H and O–H groups in total. The van der Waals surface area contributed by atoms with Crippen LogP contribution in [0.2, 0.25) is 5.02 Å². The van der Waals surface area contributed by atoms with Gasteiger partial charge in [-0.2, -0.15) is 0 Å². The zero-order valence-corrected chi connectivity index (χ0v) is 10.8. The summed E-state index contributed by atoms with van der Waals surface area (Å²) in [6.45, 7) is 3.75. The van der Waals surface area contributed by atoms with Gasteiger partial charge in [-0.05, 0) is 31.0 Å². The summed E-state index contributed by atoms with van der Waals surface area (Å²) in [4.78, 5) is 2.17. The number of nitrogens with zero attached hydrogens (tertiary/aromatic N) is 1. The third-order valence-corrected chi connectivity index (χ3v) is 2.90. The zero-order valence-electron chi connectivity index (χ0n) is 10.1. The van der Waals surface area contributed by atoms with Crippen LogP contribution in [-0.4, -0.2) is 27.3 Å². The molecule has 0 bridgehead atoms. The fraction of sp³-hybridized carbons (Fsp3) is 0.500. The second kappa shape index (κ2) is 5.97. The first-order chi connectivity index (χ1) is 7.56. The molecule has 0 aliphatic heterocycles. The van der Waals surface area contributed by atoms with Crippen LogP contribution in [0.3, 0.4) is 0 Å². The fourth-order valence-electron chi connectivity index (χ4n) is 1.67. The number of nitrogen functional groups attached to an aromatic ring is 1. The first-order valence-electron chi connectivity index (χ1n) is 5.32. The van der Waals surface area contributed by atoms with Gasteiger partial charge in [-0.3, -0.25) is 0 Å². The van der Waals surface area contributed by atoms with Crippen LogP contribution in [0.1, 0.15) is 12.0 Å². The number of nitrogens with two attached hydrogens (primary N) is 1. The van der Waals surface area contributed by atoms with Gasteiger partial charge in [0.1, 0.15) is 0 Å². The van der Waals surface area contributed by atoms with Crippen LogP contribution >= 0.6 is 11.6 Å². The van der Waals surface area contributed by atoms with Crippen molar-refractivity contribution in [2.45, 2.75) is 13.3 Å². The normalized spacial score (nSPS) is 10.5. The van der Waals surface area contributed by atoms with E-state index >= 15 is 0 Å². The molecule has 4 heteroatoms. The van der Waals surface area contributed by atoms with Crippen molar-refractivity contribution >= 4 is 23.0 Å². The van der Waals surface area contributed by atoms with Crippen molar-refractivity contribution in [2.75, 3.05) is 37.9 Å². The van der Waals surface area contributed by atoms with Crippen LogP contribution in [0.4, 0.5) is 11.4 Å². The van der Waals surface area contributed by atoms with E-state index in [-0.39, 0.29) is 0 Å². The molecule has 0 aliphatic carbocycles. The second-order valence-corrected chi connectivity index (χ2v) is 4.34. The minimum atomic E-state index is 0.610. The molecule has 0 unspecified atom stereocenters. The minimum absolute atomic E-state index is 0.610. The number of rotatable bonds is 5. The summed E-state index contributed by atoms with van der Waals surface area (Å²) in [6, 6.07) is 3.82. The van der Waals surface area contributed by atoms with E-state index in [4.69, 9.17) is 22.1 Å². The lowest BCUT2D eigenvalue weighted by atomic mass is 10.1. The Morgan fingerprint density at radius 3 is 2.75 bits per heavy atom. The number of ether oxygens (including phenoxy) is 1. The lowest BCUT2D eigenvalue weighted by molar-refractivity contribution is 0.196. The monoisotopic (exact) mass is 242 g/mol. The topological polar surface area (TPSA) is 38.5 Å². The number of hydrogen-bond acceptors (Lipinski definition) is 3. The number of methoxy groups -OCH3 is 1. The van der Waals surface area contributed by atoms with Crippen molar-refractivity contribution in [2.24, 2.45) is 0 Å². The Balaban J connectivity index is 2.75. The summed E-state index contributed by atoms with van der Waals surface area (Å²) >= 11 is 6.01. The van der Waals surface area contributed by atoms with Gasteiger partial charge in [-0.15, -0.1) is 0 Å². The molecule has 0 heterocycles. The average molecular weight is 243 g/mol. The van der Waals surface area contributed by atoms with Gasteiger partial charge in [0, 0.05) is 33.0 Å². The van der Waals surface area contributed by atoms with E-state index in [1.807, 2.05) is 26.1 Å². The molecular weight excluding hydrogens is 224 g/mol. The molecule has 0 spiro atoms. The highest BCUT2D eigenvalue weighted by atomic mass is 35.5. The highest BCUT2D eigenvalue weighted by Crippen LogP contribution is 2.28. The van der Waals surface area contributed by atoms with E-state index in [0.29, 0.717) is 10.7 Å². The van der Waals surface area contributed by atoms with E-state index in [9.17, 15) is 0 Å². The molecule has 0 amide bonds. The summed E-state index contributed by atoms with van der Waals surface area (Å²) in [7, 11) is 3.76. The Bertz CT molecular complexity index is 355. The molecule has 90 valence electrons. The molecule has 0 fully saturated rings. The quantitative estimate of drug-likeness (QED) is 0.637. The Morgan fingerprint density at radius 1 is 1.44 bits per heavy atom. The summed E-state index contributed by atoms with van der Waals surface area (Å²) in [5.41, 5.74) is 8.63. The van der Waals surface area contributed by atoms with E-state index in [0.717, 1.165) is 30.8 Å². The third kappa shape index (κ3) is 3.29. The maximum absolute atomic E-state index is 6.01. The molecule has 0 aromatic heterocycles. The summed E-state index contributed by atoms with van der Waals surface area (Å²) in [6.07, 6.45) is 0.994. The van der Waals surface area contributed by atoms with Crippen LogP contribution in [0.25, 0.3) is 0 Å². The molecule has 1 rings (SSSR count). The van der Waals surface area contributed by atoms with Crippen molar-refractivity contribution in [3.63, 3.8) is 0 Å². The van der Waals surface area contributed by atoms with Crippen molar-refractivity contribution in [1.29, 1.82) is 0 Å². The number of benzene rings is 1. The Labute approximate surface area is 102 Å². The van der Waals surface area contributed by atoms with Gasteiger partial charge in [-0.25, -0.2) is 0 Å². The molecule has 3 nitrogen and oxygen atoms in total. The zero-order chi connectivity index (χ0) is 12.1. The van der Waals surface area contributed by atoms with Crippen molar-refractivity contribution < 1.29 is 4.74 Å². The van der Waals surface area contributed by atoms with Crippen molar-refractivity contribution in [3.05, 3.63) is 22.7 Å². The van der Waals surface area contributed by atoms with Crippen LogP contribution < -0.4 is 10.6 Å². The highest BCUT2D eigenvalue weighted by molar-refractivity contribution is 6.33. The standard InChI is InChI=1S/C12H19ClN2O/c1-9-7-11(14)10(13)8-12(9)15(2)5-4-6-16-3/h7-8H,4-6,14H2,1-3H3. The van der Waals surface area contributed by atoms with E-state index in [1.54, 1.807) is 7.11 Å². The summed E-state index contributed by atoms with van der Waals surface area (Å²) in [5.74, 6) is 0. The van der Waals surface area contributed by atoms with E-state index in [1.165, 1.54) is 0 Å². The van der Waals surface area contributed by atoms with Gasteiger partial charge in [0.25, 0.3) is 0 Å². The van der Waals surface area contributed by atoms with Crippen LogP contribution in [-0.2, 0) is 4.74 Å². The molecule has 16 heavy (non-hydrogen) atoms. The first-order valence-corrected chi connectivity index (χ1v) is 5.69. The van der Waals surface area contributed by atoms with E-state index in [2.05, 4.69) is 4.90 Å². The summed E-state index contributed by atoms with van der Waals surface area (Å²) in [5, 5.41) is 0.610.